The van der Waals surface area contributed by atoms with Gasteiger partial charge in [0.2, 0.25) is 0 Å². The van der Waals surface area contributed by atoms with Crippen LogP contribution in [0.25, 0.3) is 0 Å². The maximum atomic E-state index is 9.22. The molecule has 5 heteroatoms. The minimum atomic E-state index is -0.480. The van der Waals surface area contributed by atoms with E-state index in [0.717, 1.165) is 18.3 Å². The SMILES string of the molecule is CCCCOc1cc(C#N)cc(B2OC(C)(C)C(C)(C)O2)c1. The lowest BCUT2D eigenvalue weighted by molar-refractivity contribution is 0.00578. The third-order valence-electron chi connectivity index (χ3n) is 4.35. The zero-order valence-electron chi connectivity index (χ0n) is 14.1. The highest BCUT2D eigenvalue weighted by Crippen LogP contribution is 2.36. The van der Waals surface area contributed by atoms with E-state index in [4.69, 9.17) is 14.0 Å². The first-order valence-corrected chi connectivity index (χ1v) is 7.82. The maximum absolute atomic E-state index is 9.22. The predicted octanol–water partition coefficient (Wildman–Crippen LogP) is 3.04. The minimum Gasteiger partial charge on any atom is -0.494 e. The fraction of sp³-hybridized carbons (Fsp3) is 0.588. The Morgan fingerprint density at radius 3 is 2.32 bits per heavy atom. The molecule has 22 heavy (non-hydrogen) atoms. The summed E-state index contributed by atoms with van der Waals surface area (Å²) in [6.07, 6.45) is 2.06. The molecule has 0 saturated carbocycles. The summed E-state index contributed by atoms with van der Waals surface area (Å²) in [7, 11) is -0.480. The van der Waals surface area contributed by atoms with Crippen molar-refractivity contribution in [2.24, 2.45) is 0 Å². The molecule has 2 rings (SSSR count). The number of nitriles is 1. The molecule has 0 radical (unpaired) electrons. The lowest BCUT2D eigenvalue weighted by Gasteiger charge is -2.32. The second-order valence-electron chi connectivity index (χ2n) is 6.69. The number of ether oxygens (including phenoxy) is 1. The van der Waals surface area contributed by atoms with Crippen molar-refractivity contribution in [2.45, 2.75) is 58.7 Å². The molecular weight excluding hydrogens is 277 g/mol. The van der Waals surface area contributed by atoms with Gasteiger partial charge in [-0.2, -0.15) is 5.26 Å². The molecule has 118 valence electrons. The minimum absolute atomic E-state index is 0.399. The van der Waals surface area contributed by atoms with Gasteiger partial charge < -0.3 is 14.0 Å². The lowest BCUT2D eigenvalue weighted by atomic mass is 9.78. The average Bonchev–Trinajstić information content (AvgIpc) is 2.67. The van der Waals surface area contributed by atoms with E-state index >= 15 is 0 Å². The molecule has 1 saturated heterocycles. The van der Waals surface area contributed by atoms with Gasteiger partial charge in [0.15, 0.2) is 0 Å². The third-order valence-corrected chi connectivity index (χ3v) is 4.35. The normalized spacial score (nSPS) is 19.0. The summed E-state index contributed by atoms with van der Waals surface area (Å²) < 4.78 is 17.8. The molecule has 0 spiro atoms. The number of unbranched alkanes of at least 4 members (excludes halogenated alkanes) is 1. The van der Waals surface area contributed by atoms with Crippen LogP contribution in [0.15, 0.2) is 18.2 Å². The second-order valence-corrected chi connectivity index (χ2v) is 6.69. The van der Waals surface area contributed by atoms with Crippen LogP contribution in [0.5, 0.6) is 5.75 Å². The second kappa shape index (κ2) is 6.32. The summed E-state index contributed by atoms with van der Waals surface area (Å²) in [4.78, 5) is 0. The molecule has 0 amide bonds. The molecular formula is C17H24BNO3. The van der Waals surface area contributed by atoms with Gasteiger partial charge in [-0.1, -0.05) is 13.3 Å². The van der Waals surface area contributed by atoms with E-state index in [1.54, 1.807) is 12.1 Å². The predicted molar refractivity (Wildman–Crippen MR) is 87.3 cm³/mol. The van der Waals surface area contributed by atoms with E-state index in [1.807, 2.05) is 33.8 Å². The Labute approximate surface area is 133 Å². The van der Waals surface area contributed by atoms with Gasteiger partial charge >= 0.3 is 7.12 Å². The van der Waals surface area contributed by atoms with Gasteiger partial charge in [-0.25, -0.2) is 0 Å². The van der Waals surface area contributed by atoms with Crippen molar-refractivity contribution in [2.75, 3.05) is 6.61 Å². The third kappa shape index (κ3) is 3.45. The number of hydrogen-bond acceptors (Lipinski definition) is 4. The van der Waals surface area contributed by atoms with Crippen LogP contribution in [0.4, 0.5) is 0 Å². The molecule has 1 aromatic carbocycles. The topological polar surface area (TPSA) is 51.5 Å². The van der Waals surface area contributed by atoms with Crippen molar-refractivity contribution in [3.05, 3.63) is 23.8 Å². The molecule has 0 N–H and O–H groups in total. The van der Waals surface area contributed by atoms with Crippen LogP contribution in [0.3, 0.4) is 0 Å². The highest BCUT2D eigenvalue weighted by Gasteiger charge is 2.51. The number of benzene rings is 1. The number of nitrogens with zero attached hydrogens (tertiary/aromatic N) is 1. The Bertz CT molecular complexity index is 562. The van der Waals surface area contributed by atoms with Crippen molar-refractivity contribution < 1.29 is 14.0 Å². The highest BCUT2D eigenvalue weighted by molar-refractivity contribution is 6.62. The smallest absolute Gasteiger partial charge is 0.494 e. The van der Waals surface area contributed by atoms with Crippen molar-refractivity contribution in [1.29, 1.82) is 5.26 Å². The molecule has 4 nitrogen and oxygen atoms in total. The van der Waals surface area contributed by atoms with Crippen molar-refractivity contribution in [3.8, 4) is 11.8 Å². The molecule has 0 bridgehead atoms. The average molecular weight is 301 g/mol. The summed E-state index contributed by atoms with van der Waals surface area (Å²) in [5, 5.41) is 9.22. The van der Waals surface area contributed by atoms with Crippen LogP contribution < -0.4 is 10.2 Å². The summed E-state index contributed by atoms with van der Waals surface area (Å²) >= 11 is 0. The van der Waals surface area contributed by atoms with Gasteiger partial charge in [0.1, 0.15) is 5.75 Å². The Balaban J connectivity index is 2.24. The van der Waals surface area contributed by atoms with Crippen LogP contribution in [-0.4, -0.2) is 24.9 Å². The monoisotopic (exact) mass is 301 g/mol. The van der Waals surface area contributed by atoms with Crippen molar-refractivity contribution >= 4 is 12.6 Å². The molecule has 0 aromatic heterocycles. The molecule has 0 aliphatic carbocycles. The van der Waals surface area contributed by atoms with Crippen LogP contribution in [-0.2, 0) is 9.31 Å². The zero-order chi connectivity index (χ0) is 16.4. The standard InChI is InChI=1S/C17H24BNO3/c1-6-7-8-20-15-10-13(12-19)9-14(11-15)18-21-16(2,3)17(4,5)22-18/h9-11H,6-8H2,1-5H3. The Kier molecular flexibility index (Phi) is 4.84. The quantitative estimate of drug-likeness (QED) is 0.619. The van der Waals surface area contributed by atoms with E-state index < -0.39 is 18.3 Å². The molecule has 1 heterocycles. The van der Waals surface area contributed by atoms with Crippen molar-refractivity contribution in [1.82, 2.24) is 0 Å². The van der Waals surface area contributed by atoms with Crippen molar-refractivity contribution in [3.63, 3.8) is 0 Å². The molecule has 1 aromatic rings. The molecule has 1 aliphatic rings. The largest absolute Gasteiger partial charge is 0.495 e. The van der Waals surface area contributed by atoms with Gasteiger partial charge in [0.25, 0.3) is 0 Å². The van der Waals surface area contributed by atoms with E-state index in [1.165, 1.54) is 0 Å². The summed E-state index contributed by atoms with van der Waals surface area (Å²) in [5.74, 6) is 0.692. The molecule has 1 fully saturated rings. The zero-order valence-corrected chi connectivity index (χ0v) is 14.1. The Hall–Kier alpha value is -1.51. The van der Waals surface area contributed by atoms with Gasteiger partial charge in [-0.15, -0.1) is 0 Å². The summed E-state index contributed by atoms with van der Waals surface area (Å²) in [6, 6.07) is 7.63. The Morgan fingerprint density at radius 1 is 1.14 bits per heavy atom. The first-order valence-electron chi connectivity index (χ1n) is 7.82. The van der Waals surface area contributed by atoms with Gasteiger partial charge in [0, 0.05) is 0 Å². The highest BCUT2D eigenvalue weighted by atomic mass is 16.7. The van der Waals surface area contributed by atoms with Crippen LogP contribution in [0.1, 0.15) is 53.0 Å². The van der Waals surface area contributed by atoms with E-state index in [0.29, 0.717) is 17.9 Å². The fourth-order valence-corrected chi connectivity index (χ4v) is 2.22. The summed E-state index contributed by atoms with van der Waals surface area (Å²) in [5.41, 5.74) is 0.579. The van der Waals surface area contributed by atoms with Crippen LogP contribution >= 0.6 is 0 Å². The van der Waals surface area contributed by atoms with E-state index in [2.05, 4.69) is 13.0 Å². The van der Waals surface area contributed by atoms with Crippen LogP contribution in [0.2, 0.25) is 0 Å². The Morgan fingerprint density at radius 2 is 1.77 bits per heavy atom. The van der Waals surface area contributed by atoms with Crippen LogP contribution in [0, 0.1) is 11.3 Å². The van der Waals surface area contributed by atoms with Gasteiger partial charge in [-0.3, -0.25) is 0 Å². The fourth-order valence-electron chi connectivity index (χ4n) is 2.22. The lowest BCUT2D eigenvalue weighted by Crippen LogP contribution is -2.41. The van der Waals surface area contributed by atoms with Gasteiger partial charge in [0.05, 0.1) is 29.4 Å². The number of rotatable bonds is 5. The molecule has 0 atom stereocenters. The summed E-state index contributed by atoms with van der Waals surface area (Å²) in [6.45, 7) is 10.8. The van der Waals surface area contributed by atoms with E-state index in [-0.39, 0.29) is 0 Å². The maximum Gasteiger partial charge on any atom is 0.495 e. The van der Waals surface area contributed by atoms with Gasteiger partial charge in [-0.05, 0) is 57.8 Å². The van der Waals surface area contributed by atoms with E-state index in [9.17, 15) is 5.26 Å². The first-order chi connectivity index (χ1) is 10.3. The molecule has 1 aliphatic heterocycles. The first kappa shape index (κ1) is 16.9. The number of hydrogen-bond donors (Lipinski definition) is 0. The molecule has 0 unspecified atom stereocenters.